The van der Waals surface area contributed by atoms with E-state index in [1.54, 1.807) is 0 Å². The first kappa shape index (κ1) is 11.9. The van der Waals surface area contributed by atoms with Gasteiger partial charge in [0.05, 0.1) is 0 Å². The van der Waals surface area contributed by atoms with Crippen LogP contribution < -0.4 is 11.5 Å². The van der Waals surface area contributed by atoms with Crippen LogP contribution in [-0.2, 0) is 0 Å². The molecule has 0 aliphatic carbocycles. The van der Waals surface area contributed by atoms with E-state index in [9.17, 15) is 0 Å². The molecule has 0 aromatic carbocycles. The highest BCUT2D eigenvalue weighted by molar-refractivity contribution is 5.85. The zero-order valence-electron chi connectivity index (χ0n) is 8.75. The number of nitrogens with two attached hydrogens (primary N) is 2. The summed E-state index contributed by atoms with van der Waals surface area (Å²) < 4.78 is 0. The summed E-state index contributed by atoms with van der Waals surface area (Å²) in [6.07, 6.45) is 3.03. The number of hydrogen-bond donors (Lipinski definition) is 2. The summed E-state index contributed by atoms with van der Waals surface area (Å²) in [7, 11) is 0. The fourth-order valence-corrected chi connectivity index (χ4v) is 0.931. The van der Waals surface area contributed by atoms with Crippen molar-refractivity contribution in [2.24, 2.45) is 27.6 Å². The van der Waals surface area contributed by atoms with E-state index in [-0.39, 0.29) is 5.96 Å². The van der Waals surface area contributed by atoms with Crippen LogP contribution in [0.4, 0.5) is 0 Å². The highest BCUT2D eigenvalue weighted by Crippen LogP contribution is 2.09. The van der Waals surface area contributed by atoms with Crippen LogP contribution >= 0.6 is 0 Å². The van der Waals surface area contributed by atoms with E-state index >= 15 is 0 Å². The van der Waals surface area contributed by atoms with E-state index in [0.717, 1.165) is 25.0 Å². The number of nitrogens with zero attached hydrogens (tertiary/aromatic N) is 2. The van der Waals surface area contributed by atoms with Crippen LogP contribution in [0.1, 0.15) is 40.0 Å². The van der Waals surface area contributed by atoms with E-state index in [2.05, 4.69) is 31.0 Å². The SMILES string of the molecule is CCC(CC(C)CC)=NN=C(N)N. The summed E-state index contributed by atoms with van der Waals surface area (Å²) in [4.78, 5) is 0. The van der Waals surface area contributed by atoms with Crippen LogP contribution in [0, 0.1) is 5.92 Å². The Morgan fingerprint density at radius 1 is 1.23 bits per heavy atom. The van der Waals surface area contributed by atoms with Gasteiger partial charge in [0.1, 0.15) is 0 Å². The molecule has 0 fully saturated rings. The second-order valence-electron chi connectivity index (χ2n) is 3.26. The van der Waals surface area contributed by atoms with Crippen molar-refractivity contribution in [2.45, 2.75) is 40.0 Å². The van der Waals surface area contributed by atoms with Crippen LogP contribution in [0.25, 0.3) is 0 Å². The van der Waals surface area contributed by atoms with Crippen LogP contribution in [0.15, 0.2) is 10.2 Å². The average Bonchev–Trinajstić information content (AvgIpc) is 2.11. The lowest BCUT2D eigenvalue weighted by Crippen LogP contribution is -2.22. The van der Waals surface area contributed by atoms with Gasteiger partial charge >= 0.3 is 0 Å². The first-order chi connectivity index (χ1) is 6.10. The maximum absolute atomic E-state index is 5.18. The van der Waals surface area contributed by atoms with E-state index in [1.165, 1.54) is 0 Å². The highest BCUT2D eigenvalue weighted by Gasteiger charge is 2.03. The predicted molar refractivity (Wildman–Crippen MR) is 57.6 cm³/mol. The van der Waals surface area contributed by atoms with E-state index in [1.807, 2.05) is 0 Å². The molecule has 4 heteroatoms. The third-order valence-corrected chi connectivity index (χ3v) is 2.00. The Bertz CT molecular complexity index is 192. The molecule has 0 radical (unpaired) electrons. The van der Waals surface area contributed by atoms with Gasteiger partial charge in [-0.2, -0.15) is 5.10 Å². The van der Waals surface area contributed by atoms with Gasteiger partial charge in [0.15, 0.2) is 0 Å². The smallest absolute Gasteiger partial charge is 0.211 e. The summed E-state index contributed by atoms with van der Waals surface area (Å²) in [5.74, 6) is 0.669. The van der Waals surface area contributed by atoms with Gasteiger partial charge in [-0.15, -0.1) is 5.10 Å². The first-order valence-electron chi connectivity index (χ1n) is 4.74. The third-order valence-electron chi connectivity index (χ3n) is 2.00. The quantitative estimate of drug-likeness (QED) is 0.385. The second-order valence-corrected chi connectivity index (χ2v) is 3.26. The monoisotopic (exact) mass is 184 g/mol. The lowest BCUT2D eigenvalue weighted by Gasteiger charge is -2.07. The van der Waals surface area contributed by atoms with Gasteiger partial charge in [-0.25, -0.2) is 0 Å². The fraction of sp³-hybridized carbons (Fsp3) is 0.778. The maximum atomic E-state index is 5.18. The van der Waals surface area contributed by atoms with Crippen LogP contribution in [0.3, 0.4) is 0 Å². The van der Waals surface area contributed by atoms with Crippen molar-refractivity contribution in [2.75, 3.05) is 0 Å². The molecule has 0 bridgehead atoms. The van der Waals surface area contributed by atoms with Gasteiger partial charge in [0.25, 0.3) is 0 Å². The first-order valence-corrected chi connectivity index (χ1v) is 4.74. The molecule has 0 heterocycles. The minimum atomic E-state index is 0.0232. The zero-order chi connectivity index (χ0) is 10.3. The lowest BCUT2D eigenvalue weighted by atomic mass is 10.0. The average molecular weight is 184 g/mol. The van der Waals surface area contributed by atoms with Crippen molar-refractivity contribution in [1.82, 2.24) is 0 Å². The maximum Gasteiger partial charge on any atom is 0.211 e. The highest BCUT2D eigenvalue weighted by atomic mass is 15.3. The molecule has 1 atom stereocenters. The van der Waals surface area contributed by atoms with Crippen molar-refractivity contribution in [3.63, 3.8) is 0 Å². The fourth-order valence-electron chi connectivity index (χ4n) is 0.931. The molecule has 0 saturated carbocycles. The molecule has 1 unspecified atom stereocenters. The molecule has 0 aliphatic heterocycles. The predicted octanol–water partition coefficient (Wildman–Crippen LogP) is 1.46. The van der Waals surface area contributed by atoms with Crippen molar-refractivity contribution < 1.29 is 0 Å². The van der Waals surface area contributed by atoms with Crippen molar-refractivity contribution in [1.29, 1.82) is 0 Å². The summed E-state index contributed by atoms with van der Waals surface area (Å²) in [5.41, 5.74) is 11.4. The van der Waals surface area contributed by atoms with Gasteiger partial charge in [-0.3, -0.25) is 0 Å². The Morgan fingerprint density at radius 3 is 2.23 bits per heavy atom. The molecule has 0 aliphatic rings. The molecule has 0 spiro atoms. The Balaban J connectivity index is 4.17. The molecular weight excluding hydrogens is 164 g/mol. The molecular formula is C9H20N4. The van der Waals surface area contributed by atoms with Crippen LogP contribution in [-0.4, -0.2) is 11.7 Å². The van der Waals surface area contributed by atoms with Crippen molar-refractivity contribution >= 4 is 11.7 Å². The van der Waals surface area contributed by atoms with Gasteiger partial charge in [0, 0.05) is 5.71 Å². The summed E-state index contributed by atoms with van der Waals surface area (Å²) in [6, 6.07) is 0. The second kappa shape index (κ2) is 6.46. The molecule has 0 rings (SSSR count). The molecule has 4 N–H and O–H groups in total. The van der Waals surface area contributed by atoms with Crippen LogP contribution in [0.2, 0.25) is 0 Å². The van der Waals surface area contributed by atoms with Gasteiger partial charge in [-0.05, 0) is 18.8 Å². The van der Waals surface area contributed by atoms with Crippen molar-refractivity contribution in [3.8, 4) is 0 Å². The lowest BCUT2D eigenvalue weighted by molar-refractivity contribution is 0.582. The van der Waals surface area contributed by atoms with Crippen LogP contribution in [0.5, 0.6) is 0 Å². The summed E-state index contributed by atoms with van der Waals surface area (Å²) >= 11 is 0. The van der Waals surface area contributed by atoms with Gasteiger partial charge in [0.2, 0.25) is 5.96 Å². The topological polar surface area (TPSA) is 76.8 Å². The Labute approximate surface area is 80.1 Å². The van der Waals surface area contributed by atoms with Gasteiger partial charge in [-0.1, -0.05) is 27.2 Å². The number of guanidine groups is 1. The van der Waals surface area contributed by atoms with Gasteiger partial charge < -0.3 is 11.5 Å². The molecule has 4 nitrogen and oxygen atoms in total. The largest absolute Gasteiger partial charge is 0.369 e. The molecule has 0 aromatic heterocycles. The zero-order valence-corrected chi connectivity index (χ0v) is 8.75. The third kappa shape index (κ3) is 6.13. The Hall–Kier alpha value is -1.06. The summed E-state index contributed by atoms with van der Waals surface area (Å²) in [5, 5.41) is 7.63. The Kier molecular flexibility index (Phi) is 5.93. The molecule has 0 amide bonds. The Morgan fingerprint density at radius 2 is 1.85 bits per heavy atom. The van der Waals surface area contributed by atoms with Crippen molar-refractivity contribution in [3.05, 3.63) is 0 Å². The minimum Gasteiger partial charge on any atom is -0.369 e. The minimum absolute atomic E-state index is 0.0232. The molecule has 0 saturated heterocycles. The van der Waals surface area contributed by atoms with E-state index < -0.39 is 0 Å². The standard InChI is InChI=1S/C9H20N4/c1-4-7(3)6-8(5-2)12-13-9(10)11/h7H,4-6H2,1-3H3,(H4,10,11,13). The summed E-state index contributed by atoms with van der Waals surface area (Å²) in [6.45, 7) is 6.42. The van der Waals surface area contributed by atoms with E-state index in [0.29, 0.717) is 5.92 Å². The normalized spacial score (nSPS) is 13.9. The molecule has 13 heavy (non-hydrogen) atoms. The molecule has 0 aromatic rings. The number of rotatable bonds is 5. The van der Waals surface area contributed by atoms with E-state index in [4.69, 9.17) is 11.5 Å². The number of hydrogen-bond acceptors (Lipinski definition) is 2. The molecule has 76 valence electrons.